The van der Waals surface area contributed by atoms with Crippen LogP contribution in [0, 0.1) is 13.8 Å². The lowest BCUT2D eigenvalue weighted by Crippen LogP contribution is -2.07. The summed E-state index contributed by atoms with van der Waals surface area (Å²) in [4.78, 5) is 4.40. The number of aromatic nitrogens is 3. The van der Waals surface area contributed by atoms with Crippen molar-refractivity contribution in [2.75, 3.05) is 0 Å². The minimum absolute atomic E-state index is 0.425. The predicted octanol–water partition coefficient (Wildman–Crippen LogP) is 4.69. The van der Waals surface area contributed by atoms with E-state index in [2.05, 4.69) is 10.1 Å². The molecule has 3 nitrogen and oxygen atoms in total. The van der Waals surface area contributed by atoms with E-state index in [1.165, 1.54) is 23.5 Å². The summed E-state index contributed by atoms with van der Waals surface area (Å²) in [5.74, 6) is 0. The maximum atomic E-state index is 12.6. The molecular formula is C16H14F3N3S. The summed E-state index contributed by atoms with van der Waals surface area (Å²) in [6.45, 7) is 4.27. The van der Waals surface area contributed by atoms with Gasteiger partial charge in [0.1, 0.15) is 10.7 Å². The second-order valence-corrected chi connectivity index (χ2v) is 6.18. The Kier molecular flexibility index (Phi) is 3.97. The van der Waals surface area contributed by atoms with Gasteiger partial charge in [0.2, 0.25) is 0 Å². The van der Waals surface area contributed by atoms with Crippen molar-refractivity contribution < 1.29 is 13.2 Å². The summed E-state index contributed by atoms with van der Waals surface area (Å²) in [7, 11) is 0. The first kappa shape index (κ1) is 15.7. The Labute approximate surface area is 135 Å². The Morgan fingerprint density at radius 1 is 1.13 bits per heavy atom. The van der Waals surface area contributed by atoms with Crippen molar-refractivity contribution in [3.8, 4) is 10.7 Å². The van der Waals surface area contributed by atoms with Crippen LogP contribution in [0.5, 0.6) is 0 Å². The van der Waals surface area contributed by atoms with Crippen LogP contribution in [-0.2, 0) is 12.7 Å². The van der Waals surface area contributed by atoms with Gasteiger partial charge in [0.25, 0.3) is 0 Å². The zero-order valence-corrected chi connectivity index (χ0v) is 13.4. The normalized spacial score (nSPS) is 11.9. The Morgan fingerprint density at radius 3 is 2.39 bits per heavy atom. The first-order valence-corrected chi connectivity index (χ1v) is 7.84. The number of hydrogen-bond donors (Lipinski definition) is 0. The number of halogens is 3. The molecular weight excluding hydrogens is 323 g/mol. The number of nitrogens with zero attached hydrogens (tertiary/aromatic N) is 3. The van der Waals surface area contributed by atoms with Crippen molar-refractivity contribution in [1.82, 2.24) is 14.8 Å². The Balaban J connectivity index is 1.82. The van der Waals surface area contributed by atoms with Gasteiger partial charge >= 0.3 is 6.18 Å². The van der Waals surface area contributed by atoms with Crippen molar-refractivity contribution >= 4 is 11.3 Å². The monoisotopic (exact) mass is 337 g/mol. The van der Waals surface area contributed by atoms with E-state index >= 15 is 0 Å². The number of rotatable bonds is 3. The molecule has 120 valence electrons. The van der Waals surface area contributed by atoms with Gasteiger partial charge in [-0.15, -0.1) is 11.3 Å². The molecule has 2 aromatic heterocycles. The summed E-state index contributed by atoms with van der Waals surface area (Å²) in [6, 6.07) is 7.09. The highest BCUT2D eigenvalue weighted by atomic mass is 32.1. The summed E-state index contributed by atoms with van der Waals surface area (Å²) >= 11 is 1.52. The smallest absolute Gasteiger partial charge is 0.265 e. The van der Waals surface area contributed by atoms with Gasteiger partial charge in [-0.05, 0) is 37.6 Å². The molecule has 0 bridgehead atoms. The molecule has 1 aromatic carbocycles. The van der Waals surface area contributed by atoms with Crippen LogP contribution in [0.25, 0.3) is 10.7 Å². The fourth-order valence-corrected chi connectivity index (χ4v) is 2.97. The molecule has 3 rings (SSSR count). The molecule has 0 aliphatic carbocycles. The molecule has 0 radical (unpaired) electrons. The van der Waals surface area contributed by atoms with Crippen LogP contribution in [0.3, 0.4) is 0 Å². The lowest BCUT2D eigenvalue weighted by molar-refractivity contribution is -0.137. The van der Waals surface area contributed by atoms with Crippen LogP contribution < -0.4 is 0 Å². The van der Waals surface area contributed by atoms with E-state index in [1.807, 2.05) is 25.3 Å². The van der Waals surface area contributed by atoms with Crippen molar-refractivity contribution in [3.05, 3.63) is 58.2 Å². The average Bonchev–Trinajstić information content (AvgIpc) is 3.05. The maximum Gasteiger partial charge on any atom is 0.416 e. The minimum atomic E-state index is -4.31. The molecule has 3 aromatic rings. The molecule has 0 amide bonds. The van der Waals surface area contributed by atoms with E-state index in [1.54, 1.807) is 4.68 Å². The predicted molar refractivity (Wildman–Crippen MR) is 83.4 cm³/mol. The van der Waals surface area contributed by atoms with E-state index in [9.17, 15) is 13.2 Å². The zero-order chi connectivity index (χ0) is 16.6. The van der Waals surface area contributed by atoms with Crippen LogP contribution in [0.4, 0.5) is 13.2 Å². The number of thiazole rings is 1. The van der Waals surface area contributed by atoms with Crippen molar-refractivity contribution in [2.24, 2.45) is 0 Å². The van der Waals surface area contributed by atoms with Crippen molar-refractivity contribution in [2.45, 2.75) is 26.6 Å². The topological polar surface area (TPSA) is 30.7 Å². The van der Waals surface area contributed by atoms with Crippen molar-refractivity contribution in [3.63, 3.8) is 0 Å². The SMILES string of the molecule is Cc1csc(-c2cc(C)n(Cc3ccc(C(F)(F)F)cc3)n2)n1. The highest BCUT2D eigenvalue weighted by molar-refractivity contribution is 7.13. The lowest BCUT2D eigenvalue weighted by atomic mass is 10.1. The highest BCUT2D eigenvalue weighted by Gasteiger charge is 2.29. The standard InChI is InChI=1S/C16H14F3N3S/c1-10-9-23-15(20-10)14-7-11(2)22(21-14)8-12-3-5-13(6-4-12)16(17,18)19/h3-7,9H,8H2,1-2H3. The molecule has 0 spiro atoms. The van der Waals surface area contributed by atoms with Gasteiger partial charge in [0, 0.05) is 16.8 Å². The lowest BCUT2D eigenvalue weighted by Gasteiger charge is -2.08. The second kappa shape index (κ2) is 5.81. The number of hydrogen-bond acceptors (Lipinski definition) is 3. The molecule has 0 unspecified atom stereocenters. The van der Waals surface area contributed by atoms with Gasteiger partial charge < -0.3 is 0 Å². The van der Waals surface area contributed by atoms with E-state index in [4.69, 9.17) is 0 Å². The number of alkyl halides is 3. The van der Waals surface area contributed by atoms with Crippen LogP contribution in [0.15, 0.2) is 35.7 Å². The van der Waals surface area contributed by atoms with Crippen molar-refractivity contribution in [1.29, 1.82) is 0 Å². The van der Waals surface area contributed by atoms with Crippen LogP contribution in [0.1, 0.15) is 22.5 Å². The summed E-state index contributed by atoms with van der Waals surface area (Å²) in [6.07, 6.45) is -4.31. The number of benzene rings is 1. The van der Waals surface area contributed by atoms with Crippen LogP contribution in [0.2, 0.25) is 0 Å². The van der Waals surface area contributed by atoms with Crippen LogP contribution >= 0.6 is 11.3 Å². The van der Waals surface area contributed by atoms with Gasteiger partial charge in [-0.2, -0.15) is 18.3 Å². The molecule has 0 fully saturated rings. The third-order valence-corrected chi connectivity index (χ3v) is 4.42. The molecule has 0 saturated carbocycles. The molecule has 7 heteroatoms. The third kappa shape index (κ3) is 3.44. The Hall–Kier alpha value is -2.15. The van der Waals surface area contributed by atoms with Crippen LogP contribution in [-0.4, -0.2) is 14.8 Å². The van der Waals surface area contributed by atoms with Gasteiger partial charge in [0.05, 0.1) is 12.1 Å². The van der Waals surface area contributed by atoms with Gasteiger partial charge in [-0.3, -0.25) is 4.68 Å². The molecule has 0 aliphatic heterocycles. The van der Waals surface area contributed by atoms with E-state index in [0.29, 0.717) is 6.54 Å². The summed E-state index contributed by atoms with van der Waals surface area (Å²) in [5, 5.41) is 7.30. The molecule has 0 N–H and O–H groups in total. The molecule has 0 atom stereocenters. The molecule has 0 aliphatic rings. The van der Waals surface area contributed by atoms with E-state index < -0.39 is 11.7 Å². The fourth-order valence-electron chi connectivity index (χ4n) is 2.22. The quantitative estimate of drug-likeness (QED) is 0.694. The van der Waals surface area contributed by atoms with Gasteiger partial charge in [-0.25, -0.2) is 4.98 Å². The second-order valence-electron chi connectivity index (χ2n) is 5.32. The Bertz CT molecular complexity index is 816. The molecule has 0 saturated heterocycles. The number of aryl methyl sites for hydroxylation is 2. The van der Waals surface area contributed by atoms with Gasteiger partial charge in [0.15, 0.2) is 0 Å². The largest absolute Gasteiger partial charge is 0.416 e. The average molecular weight is 337 g/mol. The maximum absolute atomic E-state index is 12.6. The molecule has 23 heavy (non-hydrogen) atoms. The first-order valence-electron chi connectivity index (χ1n) is 6.96. The zero-order valence-electron chi connectivity index (χ0n) is 12.6. The fraction of sp³-hybridized carbons (Fsp3) is 0.250. The van der Waals surface area contributed by atoms with Gasteiger partial charge in [-0.1, -0.05) is 12.1 Å². The Morgan fingerprint density at radius 2 is 1.83 bits per heavy atom. The van der Waals surface area contributed by atoms with E-state index in [0.717, 1.165) is 39.8 Å². The summed E-state index contributed by atoms with van der Waals surface area (Å²) in [5.41, 5.74) is 2.80. The third-order valence-electron chi connectivity index (χ3n) is 3.43. The van der Waals surface area contributed by atoms with E-state index in [-0.39, 0.29) is 0 Å². The minimum Gasteiger partial charge on any atom is -0.265 e. The molecule has 2 heterocycles. The first-order chi connectivity index (χ1) is 10.8. The summed E-state index contributed by atoms with van der Waals surface area (Å²) < 4.78 is 39.5. The highest BCUT2D eigenvalue weighted by Crippen LogP contribution is 2.29.